The molecule has 1 N–H and O–H groups in total. The fourth-order valence-electron chi connectivity index (χ4n) is 1.58. The lowest BCUT2D eigenvalue weighted by Gasteiger charge is -2.07. The van der Waals surface area contributed by atoms with Crippen LogP contribution in [0.5, 0.6) is 5.75 Å². The highest BCUT2D eigenvalue weighted by molar-refractivity contribution is 5.88. The molecular formula is C14H9N3O4. The van der Waals surface area contributed by atoms with Crippen molar-refractivity contribution >= 4 is 17.5 Å². The highest BCUT2D eigenvalue weighted by atomic mass is 16.6. The minimum atomic E-state index is -0.786. The Bertz CT molecular complexity index is 723. The summed E-state index contributed by atoms with van der Waals surface area (Å²) in [4.78, 5) is 21.7. The smallest absolute Gasteiger partial charge is 0.410 e. The van der Waals surface area contributed by atoms with Gasteiger partial charge in [-0.15, -0.1) is 0 Å². The van der Waals surface area contributed by atoms with E-state index in [0.717, 1.165) is 6.07 Å². The van der Waals surface area contributed by atoms with Gasteiger partial charge in [-0.05, 0) is 18.2 Å². The summed E-state index contributed by atoms with van der Waals surface area (Å²) in [5.41, 5.74) is -0.105. The van der Waals surface area contributed by atoms with E-state index in [-0.39, 0.29) is 16.9 Å². The van der Waals surface area contributed by atoms with Crippen molar-refractivity contribution < 1.29 is 14.5 Å². The number of non-ortho nitro benzene ring substituents is 1. The third-order valence-corrected chi connectivity index (χ3v) is 2.52. The molecule has 0 saturated carbocycles. The van der Waals surface area contributed by atoms with Crippen LogP contribution in [0.3, 0.4) is 0 Å². The van der Waals surface area contributed by atoms with Crippen LogP contribution in [0.2, 0.25) is 0 Å². The Morgan fingerprint density at radius 1 is 1.24 bits per heavy atom. The van der Waals surface area contributed by atoms with Crippen molar-refractivity contribution in [1.29, 1.82) is 5.26 Å². The van der Waals surface area contributed by atoms with E-state index in [1.807, 2.05) is 0 Å². The summed E-state index contributed by atoms with van der Waals surface area (Å²) in [7, 11) is 0. The SMILES string of the molecule is N#Cc1cc([N+](=O)[O-])ccc1NC(=O)Oc1ccccc1. The molecule has 0 aliphatic carbocycles. The highest BCUT2D eigenvalue weighted by Crippen LogP contribution is 2.21. The van der Waals surface area contributed by atoms with Crippen LogP contribution in [0.15, 0.2) is 48.5 Å². The van der Waals surface area contributed by atoms with Crippen LogP contribution in [0, 0.1) is 21.4 Å². The Morgan fingerprint density at radius 2 is 1.95 bits per heavy atom. The molecule has 0 aliphatic heterocycles. The maximum Gasteiger partial charge on any atom is 0.417 e. The first-order valence-corrected chi connectivity index (χ1v) is 5.82. The monoisotopic (exact) mass is 283 g/mol. The van der Waals surface area contributed by atoms with Gasteiger partial charge in [-0.1, -0.05) is 18.2 Å². The molecule has 0 heterocycles. The van der Waals surface area contributed by atoms with E-state index in [4.69, 9.17) is 10.00 Å². The lowest BCUT2D eigenvalue weighted by atomic mass is 10.2. The Balaban J connectivity index is 2.14. The van der Waals surface area contributed by atoms with E-state index in [0.29, 0.717) is 5.75 Å². The van der Waals surface area contributed by atoms with Crippen molar-refractivity contribution in [2.75, 3.05) is 5.32 Å². The lowest BCUT2D eigenvalue weighted by Crippen LogP contribution is -2.17. The number of nitrogens with one attached hydrogen (secondary N) is 1. The van der Waals surface area contributed by atoms with Gasteiger partial charge in [0, 0.05) is 12.1 Å². The molecule has 0 bridgehead atoms. The minimum Gasteiger partial charge on any atom is -0.410 e. The number of benzene rings is 2. The number of nitro groups is 1. The molecule has 21 heavy (non-hydrogen) atoms. The number of para-hydroxylation sites is 1. The van der Waals surface area contributed by atoms with Crippen molar-refractivity contribution in [1.82, 2.24) is 0 Å². The van der Waals surface area contributed by atoms with E-state index < -0.39 is 11.0 Å². The Kier molecular flexibility index (Phi) is 4.11. The maximum absolute atomic E-state index is 11.7. The maximum atomic E-state index is 11.7. The van der Waals surface area contributed by atoms with Crippen molar-refractivity contribution in [3.8, 4) is 11.8 Å². The van der Waals surface area contributed by atoms with Crippen molar-refractivity contribution in [2.45, 2.75) is 0 Å². The van der Waals surface area contributed by atoms with Crippen molar-refractivity contribution in [3.63, 3.8) is 0 Å². The summed E-state index contributed by atoms with van der Waals surface area (Å²) in [6.45, 7) is 0. The number of nitrogens with zero attached hydrogens (tertiary/aromatic N) is 2. The average Bonchev–Trinajstić information content (AvgIpc) is 2.48. The Morgan fingerprint density at radius 3 is 2.57 bits per heavy atom. The van der Waals surface area contributed by atoms with Crippen LogP contribution in [0.4, 0.5) is 16.2 Å². The Labute approximate surface area is 119 Å². The Hall–Kier alpha value is -3.40. The molecule has 0 saturated heterocycles. The zero-order valence-electron chi connectivity index (χ0n) is 10.6. The first-order chi connectivity index (χ1) is 10.1. The summed E-state index contributed by atoms with van der Waals surface area (Å²) in [5, 5.41) is 22.0. The summed E-state index contributed by atoms with van der Waals surface area (Å²) in [6, 6.07) is 13.7. The summed E-state index contributed by atoms with van der Waals surface area (Å²) < 4.78 is 5.00. The van der Waals surface area contributed by atoms with E-state index in [1.54, 1.807) is 36.4 Å². The van der Waals surface area contributed by atoms with Gasteiger partial charge in [-0.25, -0.2) is 4.79 Å². The zero-order valence-corrected chi connectivity index (χ0v) is 10.6. The molecule has 1 amide bonds. The number of nitriles is 1. The first kappa shape index (κ1) is 14.0. The molecule has 0 aromatic heterocycles. The second-order valence-corrected chi connectivity index (χ2v) is 3.93. The summed E-state index contributed by atoms with van der Waals surface area (Å²) in [6.07, 6.45) is -0.786. The normalized spacial score (nSPS) is 9.48. The zero-order chi connectivity index (χ0) is 15.2. The van der Waals surface area contributed by atoms with Gasteiger partial charge in [0.15, 0.2) is 0 Å². The highest BCUT2D eigenvalue weighted by Gasteiger charge is 2.13. The second-order valence-electron chi connectivity index (χ2n) is 3.93. The van der Waals surface area contributed by atoms with Crippen LogP contribution in [0.25, 0.3) is 0 Å². The average molecular weight is 283 g/mol. The summed E-state index contributed by atoms with van der Waals surface area (Å²) >= 11 is 0. The van der Waals surface area contributed by atoms with Gasteiger partial charge in [-0.2, -0.15) is 5.26 Å². The molecule has 0 aliphatic rings. The number of carbonyl (C=O) groups is 1. The van der Waals surface area contributed by atoms with Crippen LogP contribution in [-0.4, -0.2) is 11.0 Å². The number of hydrogen-bond acceptors (Lipinski definition) is 5. The molecule has 104 valence electrons. The minimum absolute atomic E-state index is 0.0192. The van der Waals surface area contributed by atoms with Gasteiger partial charge < -0.3 is 4.74 Å². The van der Waals surface area contributed by atoms with Crippen LogP contribution >= 0.6 is 0 Å². The predicted octanol–water partition coefficient (Wildman–Crippen LogP) is 3.08. The number of carbonyl (C=O) groups excluding carboxylic acids is 1. The molecule has 2 aromatic carbocycles. The third-order valence-electron chi connectivity index (χ3n) is 2.52. The van der Waals surface area contributed by atoms with Gasteiger partial charge in [0.05, 0.1) is 16.2 Å². The number of amides is 1. The number of nitro benzene ring substituents is 1. The number of ether oxygens (including phenoxy) is 1. The van der Waals surface area contributed by atoms with E-state index >= 15 is 0 Å². The molecule has 0 radical (unpaired) electrons. The van der Waals surface area contributed by atoms with Crippen molar-refractivity contribution in [3.05, 3.63) is 64.2 Å². The molecule has 0 fully saturated rings. The standard InChI is InChI=1S/C14H9N3O4/c15-9-10-8-11(17(19)20)6-7-13(10)16-14(18)21-12-4-2-1-3-5-12/h1-8H,(H,16,18). The molecule has 7 nitrogen and oxygen atoms in total. The molecular weight excluding hydrogens is 274 g/mol. The van der Waals surface area contributed by atoms with Gasteiger partial charge in [0.2, 0.25) is 0 Å². The van der Waals surface area contributed by atoms with Crippen molar-refractivity contribution in [2.24, 2.45) is 0 Å². The summed E-state index contributed by atoms with van der Waals surface area (Å²) in [5.74, 6) is 0.343. The molecule has 7 heteroatoms. The number of anilines is 1. The van der Waals surface area contributed by atoms with E-state index in [9.17, 15) is 14.9 Å². The largest absolute Gasteiger partial charge is 0.417 e. The third kappa shape index (κ3) is 3.54. The molecule has 0 atom stereocenters. The van der Waals surface area contributed by atoms with Gasteiger partial charge in [0.25, 0.3) is 5.69 Å². The first-order valence-electron chi connectivity index (χ1n) is 5.82. The fourth-order valence-corrected chi connectivity index (χ4v) is 1.58. The topological polar surface area (TPSA) is 105 Å². The second kappa shape index (κ2) is 6.16. The molecule has 0 spiro atoms. The predicted molar refractivity (Wildman–Crippen MR) is 73.9 cm³/mol. The number of hydrogen-bond donors (Lipinski definition) is 1. The lowest BCUT2D eigenvalue weighted by molar-refractivity contribution is -0.384. The number of rotatable bonds is 3. The van der Waals surface area contributed by atoms with Crippen LogP contribution < -0.4 is 10.1 Å². The van der Waals surface area contributed by atoms with E-state index in [1.165, 1.54) is 12.1 Å². The molecule has 2 aromatic rings. The molecule has 0 unspecified atom stereocenters. The van der Waals surface area contributed by atoms with E-state index in [2.05, 4.69) is 5.32 Å². The van der Waals surface area contributed by atoms with Gasteiger partial charge in [0.1, 0.15) is 11.8 Å². The van der Waals surface area contributed by atoms with Gasteiger partial charge in [-0.3, -0.25) is 15.4 Å². The van der Waals surface area contributed by atoms with Crippen LogP contribution in [0.1, 0.15) is 5.56 Å². The van der Waals surface area contributed by atoms with Crippen LogP contribution in [-0.2, 0) is 0 Å². The quantitative estimate of drug-likeness (QED) is 0.688. The fraction of sp³-hybridized carbons (Fsp3) is 0. The van der Waals surface area contributed by atoms with Gasteiger partial charge >= 0.3 is 6.09 Å². The molecule has 2 rings (SSSR count).